The van der Waals surface area contributed by atoms with E-state index >= 15 is 0 Å². The number of rotatable bonds is 4. The molecule has 7 heteroatoms. The second-order valence-electron chi connectivity index (χ2n) is 5.41. The van der Waals surface area contributed by atoms with E-state index < -0.39 is 17.2 Å². The number of H-pyrrole nitrogens is 1. The minimum atomic E-state index is -0.740. The van der Waals surface area contributed by atoms with Crippen molar-refractivity contribution in [2.45, 2.75) is 6.54 Å². The summed E-state index contributed by atoms with van der Waals surface area (Å²) >= 11 is 0. The zero-order valence-electron chi connectivity index (χ0n) is 13.2. The smallest absolute Gasteiger partial charge is 0.330 e. The number of anilines is 2. The summed E-state index contributed by atoms with van der Waals surface area (Å²) in [5.41, 5.74) is 5.68. The Kier molecular flexibility index (Phi) is 4.47. The summed E-state index contributed by atoms with van der Waals surface area (Å²) < 4.78 is 1.21. The van der Waals surface area contributed by atoms with Crippen LogP contribution in [0.15, 0.2) is 70.3 Å². The van der Waals surface area contributed by atoms with Crippen LogP contribution in [0.1, 0.15) is 15.9 Å². The van der Waals surface area contributed by atoms with Gasteiger partial charge < -0.3 is 11.1 Å². The van der Waals surface area contributed by atoms with Gasteiger partial charge in [-0.3, -0.25) is 19.1 Å². The van der Waals surface area contributed by atoms with Gasteiger partial charge in [0, 0.05) is 5.56 Å². The lowest BCUT2D eigenvalue weighted by Gasteiger charge is -2.13. The topological polar surface area (TPSA) is 110 Å². The van der Waals surface area contributed by atoms with E-state index in [0.29, 0.717) is 5.56 Å². The molecule has 0 aliphatic heterocycles. The van der Waals surface area contributed by atoms with Crippen molar-refractivity contribution in [3.63, 3.8) is 0 Å². The van der Waals surface area contributed by atoms with Gasteiger partial charge in [-0.1, -0.05) is 48.5 Å². The number of hydrogen-bond acceptors (Lipinski definition) is 4. The molecule has 0 spiro atoms. The maximum absolute atomic E-state index is 12.3. The summed E-state index contributed by atoms with van der Waals surface area (Å²) in [6, 6.07) is 17.6. The fourth-order valence-electron chi connectivity index (χ4n) is 2.41. The van der Waals surface area contributed by atoms with Crippen LogP contribution in [0.4, 0.5) is 11.5 Å². The van der Waals surface area contributed by atoms with Gasteiger partial charge in [-0.25, -0.2) is 4.79 Å². The lowest BCUT2D eigenvalue weighted by molar-refractivity contribution is 0.102. The van der Waals surface area contributed by atoms with E-state index in [9.17, 15) is 14.4 Å². The van der Waals surface area contributed by atoms with Crippen molar-refractivity contribution in [3.05, 3.63) is 92.6 Å². The molecule has 25 heavy (non-hydrogen) atoms. The normalized spacial score (nSPS) is 10.4. The molecule has 3 rings (SSSR count). The van der Waals surface area contributed by atoms with Crippen LogP contribution in [-0.2, 0) is 6.54 Å². The van der Waals surface area contributed by atoms with Gasteiger partial charge in [0.05, 0.1) is 6.54 Å². The molecule has 126 valence electrons. The summed E-state index contributed by atoms with van der Waals surface area (Å²) in [7, 11) is 0. The minimum Gasteiger partial charge on any atom is -0.383 e. The highest BCUT2D eigenvalue weighted by Crippen LogP contribution is 2.13. The summed E-state index contributed by atoms with van der Waals surface area (Å²) in [5, 5.41) is 2.48. The lowest BCUT2D eigenvalue weighted by atomic mass is 10.2. The Morgan fingerprint density at radius 2 is 1.60 bits per heavy atom. The largest absolute Gasteiger partial charge is 0.383 e. The van der Waals surface area contributed by atoms with Gasteiger partial charge in [-0.05, 0) is 17.7 Å². The highest BCUT2D eigenvalue weighted by atomic mass is 16.2. The number of hydrogen-bond donors (Lipinski definition) is 3. The average molecular weight is 336 g/mol. The van der Waals surface area contributed by atoms with Crippen molar-refractivity contribution in [3.8, 4) is 0 Å². The molecule has 1 amide bonds. The first kappa shape index (κ1) is 16.3. The number of benzene rings is 2. The first-order chi connectivity index (χ1) is 12.1. The quantitative estimate of drug-likeness (QED) is 0.669. The predicted molar refractivity (Wildman–Crippen MR) is 95.7 cm³/mol. The number of nitrogens with zero attached hydrogens (tertiary/aromatic N) is 1. The zero-order valence-corrected chi connectivity index (χ0v) is 13.2. The van der Waals surface area contributed by atoms with Crippen LogP contribution >= 0.6 is 0 Å². The van der Waals surface area contributed by atoms with Crippen molar-refractivity contribution in [1.29, 1.82) is 0 Å². The molecule has 4 N–H and O–H groups in total. The van der Waals surface area contributed by atoms with E-state index in [1.54, 1.807) is 30.3 Å². The van der Waals surface area contributed by atoms with Crippen molar-refractivity contribution in [2.75, 3.05) is 11.1 Å². The molecular formula is C18H16N4O3. The van der Waals surface area contributed by atoms with Crippen LogP contribution in [0.2, 0.25) is 0 Å². The number of amides is 1. The number of nitrogen functional groups attached to an aromatic ring is 1. The molecule has 1 aromatic heterocycles. The Morgan fingerprint density at radius 1 is 1.00 bits per heavy atom. The van der Waals surface area contributed by atoms with Gasteiger partial charge in [0.25, 0.3) is 11.5 Å². The van der Waals surface area contributed by atoms with E-state index in [0.717, 1.165) is 5.56 Å². The molecule has 0 radical (unpaired) electrons. The maximum Gasteiger partial charge on any atom is 0.330 e. The number of nitrogens with one attached hydrogen (secondary N) is 2. The summed E-state index contributed by atoms with van der Waals surface area (Å²) in [4.78, 5) is 38.6. The van der Waals surface area contributed by atoms with Crippen LogP contribution in [0.5, 0.6) is 0 Å². The molecule has 3 aromatic rings. The molecule has 0 unspecified atom stereocenters. The maximum atomic E-state index is 12.3. The third kappa shape index (κ3) is 3.50. The van der Waals surface area contributed by atoms with Crippen LogP contribution in [0.25, 0.3) is 0 Å². The van der Waals surface area contributed by atoms with Gasteiger partial charge in [-0.15, -0.1) is 0 Å². The fourth-order valence-corrected chi connectivity index (χ4v) is 2.41. The zero-order chi connectivity index (χ0) is 17.8. The molecule has 7 nitrogen and oxygen atoms in total. The number of aromatic amines is 1. The first-order valence-corrected chi connectivity index (χ1v) is 7.59. The Balaban J connectivity index is 1.97. The number of aromatic nitrogens is 2. The fraction of sp³-hybridized carbons (Fsp3) is 0.0556. The molecule has 1 heterocycles. The highest BCUT2D eigenvalue weighted by Gasteiger charge is 2.16. The standard InChI is InChI=1S/C18H16N4O3/c19-15-14(20-16(23)13-9-5-2-6-10-13)17(24)21-18(25)22(15)11-12-7-3-1-4-8-12/h1-10H,11,19H2,(H,20,23)(H,21,24,25). The van der Waals surface area contributed by atoms with Crippen molar-refractivity contribution < 1.29 is 4.79 Å². The third-order valence-electron chi connectivity index (χ3n) is 3.70. The lowest BCUT2D eigenvalue weighted by Crippen LogP contribution is -2.35. The van der Waals surface area contributed by atoms with Gasteiger partial charge in [0.2, 0.25) is 0 Å². The minimum absolute atomic E-state index is 0.0955. The molecule has 0 aliphatic rings. The van der Waals surface area contributed by atoms with Gasteiger partial charge >= 0.3 is 5.69 Å². The van der Waals surface area contributed by atoms with Gasteiger partial charge in [0.15, 0.2) is 0 Å². The Labute approximate surface area is 142 Å². The first-order valence-electron chi connectivity index (χ1n) is 7.59. The van der Waals surface area contributed by atoms with Gasteiger partial charge in [0.1, 0.15) is 11.5 Å². The molecule has 0 bridgehead atoms. The second-order valence-corrected chi connectivity index (χ2v) is 5.41. The van der Waals surface area contributed by atoms with Crippen molar-refractivity contribution in [1.82, 2.24) is 9.55 Å². The molecule has 2 aromatic carbocycles. The monoisotopic (exact) mass is 336 g/mol. The Hall–Kier alpha value is -3.61. The molecular weight excluding hydrogens is 320 g/mol. The van der Waals surface area contributed by atoms with E-state index in [4.69, 9.17) is 5.73 Å². The summed E-state index contributed by atoms with van der Waals surface area (Å²) in [6.45, 7) is 0.177. The summed E-state index contributed by atoms with van der Waals surface area (Å²) in [6.07, 6.45) is 0. The van der Waals surface area contributed by atoms with Crippen LogP contribution in [0.3, 0.4) is 0 Å². The molecule has 0 saturated heterocycles. The molecule has 0 saturated carbocycles. The van der Waals surface area contributed by atoms with E-state index in [1.165, 1.54) is 4.57 Å². The Bertz CT molecular complexity index is 1010. The van der Waals surface area contributed by atoms with Crippen molar-refractivity contribution >= 4 is 17.4 Å². The third-order valence-corrected chi connectivity index (χ3v) is 3.70. The average Bonchev–Trinajstić information content (AvgIpc) is 2.63. The molecule has 0 fully saturated rings. The van der Waals surface area contributed by atoms with E-state index in [2.05, 4.69) is 10.3 Å². The number of nitrogens with two attached hydrogens (primary N) is 1. The van der Waals surface area contributed by atoms with E-state index in [-0.39, 0.29) is 18.1 Å². The summed E-state index contributed by atoms with van der Waals surface area (Å²) in [5.74, 6) is -0.579. The number of carbonyl (C=O) groups excluding carboxylic acids is 1. The number of carbonyl (C=O) groups is 1. The Morgan fingerprint density at radius 3 is 2.24 bits per heavy atom. The van der Waals surface area contributed by atoms with Crippen molar-refractivity contribution in [2.24, 2.45) is 0 Å². The van der Waals surface area contributed by atoms with E-state index in [1.807, 2.05) is 30.3 Å². The predicted octanol–water partition coefficient (Wildman–Crippen LogP) is 1.42. The van der Waals surface area contributed by atoms with Crippen LogP contribution in [0, 0.1) is 0 Å². The molecule has 0 aliphatic carbocycles. The molecule has 0 atom stereocenters. The second kappa shape index (κ2) is 6.88. The SMILES string of the molecule is Nc1c(NC(=O)c2ccccc2)c(=O)[nH]c(=O)n1Cc1ccccc1. The van der Waals surface area contributed by atoms with Gasteiger partial charge in [-0.2, -0.15) is 0 Å². The van der Waals surface area contributed by atoms with Crippen LogP contribution in [-0.4, -0.2) is 15.5 Å². The highest BCUT2D eigenvalue weighted by molar-refractivity contribution is 6.05. The van der Waals surface area contributed by atoms with Crippen LogP contribution < -0.4 is 22.3 Å².